The SMILES string of the molecule is Cc1nc(-c2cccs2)nc(SCCC(C)C)c1C(=O)O. The van der Waals surface area contributed by atoms with Gasteiger partial charge in [-0.1, -0.05) is 19.9 Å². The number of carboxylic acid groups (broad SMARTS) is 1. The number of aromatic nitrogens is 2. The summed E-state index contributed by atoms with van der Waals surface area (Å²) < 4.78 is 0. The maximum atomic E-state index is 11.4. The largest absolute Gasteiger partial charge is 0.478 e. The molecule has 0 aliphatic rings. The lowest BCUT2D eigenvalue weighted by atomic mass is 10.2. The van der Waals surface area contributed by atoms with Crippen LogP contribution < -0.4 is 0 Å². The fourth-order valence-electron chi connectivity index (χ4n) is 1.80. The number of thioether (sulfide) groups is 1. The number of nitrogens with zero attached hydrogens (tertiary/aromatic N) is 2. The molecule has 2 aromatic rings. The van der Waals surface area contributed by atoms with Crippen LogP contribution in [0, 0.1) is 12.8 Å². The number of aromatic carboxylic acids is 1. The first-order chi connectivity index (χ1) is 9.99. The minimum absolute atomic E-state index is 0.226. The van der Waals surface area contributed by atoms with Crippen molar-refractivity contribution in [2.45, 2.75) is 32.2 Å². The molecule has 0 radical (unpaired) electrons. The van der Waals surface area contributed by atoms with Crippen molar-refractivity contribution >= 4 is 29.1 Å². The van der Waals surface area contributed by atoms with Crippen molar-refractivity contribution in [3.63, 3.8) is 0 Å². The predicted octanol–water partition coefficient (Wildman–Crippen LogP) is 4.35. The maximum Gasteiger partial charge on any atom is 0.340 e. The third-order valence-corrected chi connectivity index (χ3v) is 4.82. The highest BCUT2D eigenvalue weighted by Crippen LogP contribution is 2.29. The third kappa shape index (κ3) is 4.04. The maximum absolute atomic E-state index is 11.4. The van der Waals surface area contributed by atoms with E-state index in [-0.39, 0.29) is 5.56 Å². The lowest BCUT2D eigenvalue weighted by molar-refractivity contribution is 0.0691. The molecule has 0 saturated heterocycles. The van der Waals surface area contributed by atoms with E-state index in [1.165, 1.54) is 11.8 Å². The molecule has 0 atom stereocenters. The molecule has 112 valence electrons. The van der Waals surface area contributed by atoms with E-state index < -0.39 is 5.97 Å². The van der Waals surface area contributed by atoms with E-state index in [1.54, 1.807) is 18.3 Å². The number of aryl methyl sites for hydroxylation is 1. The Kier molecular flexibility index (Phi) is 5.36. The minimum atomic E-state index is -0.961. The van der Waals surface area contributed by atoms with E-state index in [1.807, 2.05) is 17.5 Å². The van der Waals surface area contributed by atoms with E-state index in [2.05, 4.69) is 23.8 Å². The Hall–Kier alpha value is -1.40. The van der Waals surface area contributed by atoms with Gasteiger partial charge >= 0.3 is 5.97 Å². The highest BCUT2D eigenvalue weighted by molar-refractivity contribution is 7.99. The van der Waals surface area contributed by atoms with Crippen molar-refractivity contribution in [1.29, 1.82) is 0 Å². The standard InChI is InChI=1S/C15H18N2O2S2/c1-9(2)6-8-21-14-12(15(18)19)10(3)16-13(17-14)11-5-4-7-20-11/h4-5,7,9H,6,8H2,1-3H3,(H,18,19). The fourth-order valence-corrected chi connectivity index (χ4v) is 3.78. The van der Waals surface area contributed by atoms with E-state index in [0.29, 0.717) is 22.5 Å². The lowest BCUT2D eigenvalue weighted by Gasteiger charge is -2.10. The number of hydrogen-bond donors (Lipinski definition) is 1. The summed E-state index contributed by atoms with van der Waals surface area (Å²) >= 11 is 3.06. The van der Waals surface area contributed by atoms with Crippen LogP contribution in [0.1, 0.15) is 36.3 Å². The van der Waals surface area contributed by atoms with Gasteiger partial charge in [0.15, 0.2) is 5.82 Å². The molecule has 2 aromatic heterocycles. The zero-order valence-electron chi connectivity index (χ0n) is 12.3. The second-order valence-corrected chi connectivity index (χ2v) is 7.16. The summed E-state index contributed by atoms with van der Waals surface area (Å²) in [5.41, 5.74) is 0.747. The Labute approximate surface area is 132 Å². The van der Waals surface area contributed by atoms with E-state index in [0.717, 1.165) is 17.1 Å². The van der Waals surface area contributed by atoms with Gasteiger partial charge in [0.05, 0.1) is 10.6 Å². The zero-order valence-corrected chi connectivity index (χ0v) is 13.9. The number of carboxylic acids is 1. The molecule has 0 bridgehead atoms. The number of hydrogen-bond acceptors (Lipinski definition) is 5. The quantitative estimate of drug-likeness (QED) is 0.633. The molecular formula is C15H18N2O2S2. The van der Waals surface area contributed by atoms with Gasteiger partial charge in [-0.15, -0.1) is 23.1 Å². The van der Waals surface area contributed by atoms with Crippen molar-refractivity contribution in [2.75, 3.05) is 5.75 Å². The normalized spacial score (nSPS) is 11.0. The second-order valence-electron chi connectivity index (χ2n) is 5.13. The summed E-state index contributed by atoms with van der Waals surface area (Å²) in [6.45, 7) is 6.04. The average molecular weight is 322 g/mol. The van der Waals surface area contributed by atoms with Crippen LogP contribution in [0.25, 0.3) is 10.7 Å². The van der Waals surface area contributed by atoms with Gasteiger partial charge in [0.2, 0.25) is 0 Å². The van der Waals surface area contributed by atoms with Crippen molar-refractivity contribution in [3.05, 3.63) is 28.8 Å². The van der Waals surface area contributed by atoms with Crippen LogP contribution in [0.5, 0.6) is 0 Å². The van der Waals surface area contributed by atoms with Crippen LogP contribution in [-0.2, 0) is 0 Å². The Morgan fingerprint density at radius 3 is 2.76 bits per heavy atom. The third-order valence-electron chi connectivity index (χ3n) is 2.95. The predicted molar refractivity (Wildman–Crippen MR) is 87.2 cm³/mol. The molecule has 6 heteroatoms. The smallest absolute Gasteiger partial charge is 0.340 e. The molecule has 2 heterocycles. The van der Waals surface area contributed by atoms with Gasteiger partial charge in [-0.25, -0.2) is 14.8 Å². The summed E-state index contributed by atoms with van der Waals surface area (Å²) in [4.78, 5) is 21.2. The second kappa shape index (κ2) is 7.04. The first kappa shape index (κ1) is 16.0. The minimum Gasteiger partial charge on any atom is -0.478 e. The Morgan fingerprint density at radius 1 is 1.43 bits per heavy atom. The van der Waals surface area contributed by atoms with Gasteiger partial charge in [0, 0.05) is 0 Å². The topological polar surface area (TPSA) is 63.1 Å². The molecule has 0 aliphatic heterocycles. The van der Waals surface area contributed by atoms with Gasteiger partial charge < -0.3 is 5.11 Å². The lowest BCUT2D eigenvalue weighted by Crippen LogP contribution is -2.08. The zero-order chi connectivity index (χ0) is 15.4. The molecule has 0 fully saturated rings. The highest BCUT2D eigenvalue weighted by atomic mass is 32.2. The summed E-state index contributed by atoms with van der Waals surface area (Å²) in [6.07, 6.45) is 1.03. The highest BCUT2D eigenvalue weighted by Gasteiger charge is 2.19. The van der Waals surface area contributed by atoms with E-state index >= 15 is 0 Å². The molecule has 2 rings (SSSR count). The van der Waals surface area contributed by atoms with Gasteiger partial charge in [-0.05, 0) is 36.5 Å². The molecule has 4 nitrogen and oxygen atoms in total. The fraction of sp³-hybridized carbons (Fsp3) is 0.400. The number of rotatable bonds is 6. The van der Waals surface area contributed by atoms with E-state index in [9.17, 15) is 9.90 Å². The molecular weight excluding hydrogens is 304 g/mol. The molecule has 0 unspecified atom stereocenters. The summed E-state index contributed by atoms with van der Waals surface area (Å²) in [7, 11) is 0. The van der Waals surface area contributed by atoms with E-state index in [4.69, 9.17) is 0 Å². The van der Waals surface area contributed by atoms with Crippen molar-refractivity contribution in [2.24, 2.45) is 5.92 Å². The van der Waals surface area contributed by atoms with Crippen LogP contribution in [0.4, 0.5) is 0 Å². The van der Waals surface area contributed by atoms with Crippen LogP contribution in [-0.4, -0.2) is 26.8 Å². The molecule has 0 aliphatic carbocycles. The van der Waals surface area contributed by atoms with Gasteiger partial charge in [0.1, 0.15) is 10.6 Å². The van der Waals surface area contributed by atoms with Crippen molar-refractivity contribution in [3.8, 4) is 10.7 Å². The summed E-state index contributed by atoms with van der Waals surface area (Å²) in [5.74, 6) is 1.10. The van der Waals surface area contributed by atoms with Crippen molar-refractivity contribution < 1.29 is 9.90 Å². The number of thiophene rings is 1. The molecule has 0 spiro atoms. The molecule has 1 N–H and O–H groups in total. The van der Waals surface area contributed by atoms with Gasteiger partial charge in [0.25, 0.3) is 0 Å². The van der Waals surface area contributed by atoms with Crippen LogP contribution in [0.3, 0.4) is 0 Å². The Morgan fingerprint density at radius 2 is 2.19 bits per heavy atom. The van der Waals surface area contributed by atoms with Crippen LogP contribution in [0.15, 0.2) is 22.5 Å². The van der Waals surface area contributed by atoms with Crippen molar-refractivity contribution in [1.82, 2.24) is 9.97 Å². The Bertz CT molecular complexity index is 625. The van der Waals surface area contributed by atoms with Gasteiger partial charge in [-0.3, -0.25) is 0 Å². The van der Waals surface area contributed by atoms with Gasteiger partial charge in [-0.2, -0.15) is 0 Å². The summed E-state index contributed by atoms with van der Waals surface area (Å²) in [5, 5.41) is 11.9. The average Bonchev–Trinajstić information content (AvgIpc) is 2.90. The molecule has 0 amide bonds. The molecule has 21 heavy (non-hydrogen) atoms. The Balaban J connectivity index is 2.36. The summed E-state index contributed by atoms with van der Waals surface area (Å²) in [6, 6.07) is 3.89. The van der Waals surface area contributed by atoms with Crippen LogP contribution in [0.2, 0.25) is 0 Å². The molecule has 0 aromatic carbocycles. The first-order valence-electron chi connectivity index (χ1n) is 6.77. The van der Waals surface area contributed by atoms with Crippen LogP contribution >= 0.6 is 23.1 Å². The molecule has 0 saturated carbocycles. The first-order valence-corrected chi connectivity index (χ1v) is 8.64. The number of carbonyl (C=O) groups is 1. The monoisotopic (exact) mass is 322 g/mol.